The molecule has 0 aliphatic carbocycles. The van der Waals surface area contributed by atoms with Crippen LogP contribution in [0.25, 0.3) is 0 Å². The van der Waals surface area contributed by atoms with E-state index in [0.717, 1.165) is 5.56 Å². The smallest absolute Gasteiger partial charge is 0.328 e. The number of nitrogens with two attached hydrogens (primary N) is 1. The molecule has 0 unspecified atom stereocenters. The molecule has 0 aromatic heterocycles. The summed E-state index contributed by atoms with van der Waals surface area (Å²) in [5.41, 5.74) is 6.88. The van der Waals surface area contributed by atoms with Gasteiger partial charge in [0.2, 0.25) is 0 Å². The molecule has 1 atom stereocenters. The number of ether oxygens (including phenoxy) is 3. The van der Waals surface area contributed by atoms with Crippen molar-refractivity contribution in [1.82, 2.24) is 0 Å². The standard InChI is InChI=1S/C17H19NO4/c1-20-13-9-14(21-2)11-15(10-13)22-17(19)16(18)8-12-6-4-3-5-7-12/h3-7,9-11,16H,8,18H2,1-2H3/t16-/m0/s1. The molecule has 0 aliphatic rings. The number of carbonyl (C=O) groups is 1. The molecule has 116 valence electrons. The van der Waals surface area contributed by atoms with Crippen molar-refractivity contribution >= 4 is 5.97 Å². The van der Waals surface area contributed by atoms with Crippen molar-refractivity contribution in [3.05, 3.63) is 54.1 Å². The zero-order valence-corrected chi connectivity index (χ0v) is 12.6. The molecular formula is C17H19NO4. The summed E-state index contributed by atoms with van der Waals surface area (Å²) in [5, 5.41) is 0. The highest BCUT2D eigenvalue weighted by molar-refractivity contribution is 5.78. The fourth-order valence-corrected chi connectivity index (χ4v) is 1.98. The van der Waals surface area contributed by atoms with Crippen LogP contribution in [-0.2, 0) is 11.2 Å². The van der Waals surface area contributed by atoms with E-state index in [1.165, 1.54) is 14.2 Å². The molecule has 5 nitrogen and oxygen atoms in total. The van der Waals surface area contributed by atoms with Crippen molar-refractivity contribution in [2.45, 2.75) is 12.5 Å². The van der Waals surface area contributed by atoms with E-state index < -0.39 is 12.0 Å². The fraction of sp³-hybridized carbons (Fsp3) is 0.235. The highest BCUT2D eigenvalue weighted by Gasteiger charge is 2.17. The molecule has 0 fully saturated rings. The quantitative estimate of drug-likeness (QED) is 0.654. The maximum atomic E-state index is 12.1. The molecule has 0 bridgehead atoms. The first-order chi connectivity index (χ1) is 10.6. The molecule has 0 aliphatic heterocycles. The predicted molar refractivity (Wildman–Crippen MR) is 83.3 cm³/mol. The van der Waals surface area contributed by atoms with Gasteiger partial charge >= 0.3 is 5.97 Å². The van der Waals surface area contributed by atoms with Gasteiger partial charge in [0.05, 0.1) is 14.2 Å². The third-order valence-corrected chi connectivity index (χ3v) is 3.14. The van der Waals surface area contributed by atoms with E-state index in [0.29, 0.717) is 23.7 Å². The van der Waals surface area contributed by atoms with Gasteiger partial charge in [0.1, 0.15) is 23.3 Å². The van der Waals surface area contributed by atoms with Crippen LogP contribution in [0.2, 0.25) is 0 Å². The van der Waals surface area contributed by atoms with Gasteiger partial charge in [0.25, 0.3) is 0 Å². The second-order valence-corrected chi connectivity index (χ2v) is 4.77. The summed E-state index contributed by atoms with van der Waals surface area (Å²) >= 11 is 0. The first-order valence-corrected chi connectivity index (χ1v) is 6.86. The maximum Gasteiger partial charge on any atom is 0.328 e. The summed E-state index contributed by atoms with van der Waals surface area (Å²) in [6.07, 6.45) is 0.417. The molecule has 2 aromatic carbocycles. The van der Waals surface area contributed by atoms with Crippen LogP contribution in [0.3, 0.4) is 0 Å². The van der Waals surface area contributed by atoms with Crippen molar-refractivity contribution in [2.24, 2.45) is 5.73 Å². The molecule has 0 saturated carbocycles. The Hall–Kier alpha value is -2.53. The Bertz CT molecular complexity index is 606. The molecule has 2 N–H and O–H groups in total. The van der Waals surface area contributed by atoms with Crippen molar-refractivity contribution in [2.75, 3.05) is 14.2 Å². The Kier molecular flexibility index (Phi) is 5.38. The summed E-state index contributed by atoms with van der Waals surface area (Å²) in [7, 11) is 3.06. The number of rotatable bonds is 6. The normalized spacial score (nSPS) is 11.6. The van der Waals surface area contributed by atoms with Gasteiger partial charge in [-0.15, -0.1) is 0 Å². The average Bonchev–Trinajstić information content (AvgIpc) is 2.55. The Balaban J connectivity index is 2.04. The molecule has 0 radical (unpaired) electrons. The fourth-order valence-electron chi connectivity index (χ4n) is 1.98. The molecule has 0 heterocycles. The topological polar surface area (TPSA) is 70.8 Å². The second kappa shape index (κ2) is 7.47. The monoisotopic (exact) mass is 301 g/mol. The largest absolute Gasteiger partial charge is 0.496 e. The van der Waals surface area contributed by atoms with Crippen LogP contribution in [0.1, 0.15) is 5.56 Å². The van der Waals surface area contributed by atoms with Gasteiger partial charge in [-0.2, -0.15) is 0 Å². The minimum atomic E-state index is -0.736. The maximum absolute atomic E-state index is 12.1. The molecular weight excluding hydrogens is 282 g/mol. The predicted octanol–water partition coefficient (Wildman–Crippen LogP) is 2.18. The Morgan fingerprint density at radius 1 is 1.00 bits per heavy atom. The lowest BCUT2D eigenvalue weighted by Gasteiger charge is -2.13. The lowest BCUT2D eigenvalue weighted by molar-refractivity contribution is -0.135. The Labute approximate surface area is 129 Å². The van der Waals surface area contributed by atoms with Crippen molar-refractivity contribution < 1.29 is 19.0 Å². The molecule has 2 rings (SSSR count). The van der Waals surface area contributed by atoms with Crippen LogP contribution in [-0.4, -0.2) is 26.2 Å². The van der Waals surface area contributed by atoms with Gasteiger partial charge in [0, 0.05) is 18.2 Å². The minimum absolute atomic E-state index is 0.338. The van der Waals surface area contributed by atoms with E-state index in [9.17, 15) is 4.79 Å². The van der Waals surface area contributed by atoms with Crippen molar-refractivity contribution in [1.29, 1.82) is 0 Å². The highest BCUT2D eigenvalue weighted by atomic mass is 16.5. The van der Waals surface area contributed by atoms with E-state index in [1.807, 2.05) is 30.3 Å². The zero-order chi connectivity index (χ0) is 15.9. The molecule has 0 saturated heterocycles. The van der Waals surface area contributed by atoms with E-state index in [4.69, 9.17) is 19.9 Å². The van der Waals surface area contributed by atoms with Crippen molar-refractivity contribution in [3.63, 3.8) is 0 Å². The van der Waals surface area contributed by atoms with Crippen LogP contribution < -0.4 is 19.9 Å². The van der Waals surface area contributed by atoms with Crippen LogP contribution >= 0.6 is 0 Å². The summed E-state index contributed by atoms with van der Waals surface area (Å²) in [4.78, 5) is 12.1. The zero-order valence-electron chi connectivity index (χ0n) is 12.6. The van der Waals surface area contributed by atoms with E-state index in [1.54, 1.807) is 18.2 Å². The molecule has 0 amide bonds. The highest BCUT2D eigenvalue weighted by Crippen LogP contribution is 2.27. The van der Waals surface area contributed by atoms with E-state index in [2.05, 4.69) is 0 Å². The third kappa shape index (κ3) is 4.23. The first kappa shape index (κ1) is 15.9. The number of esters is 1. The van der Waals surface area contributed by atoms with Gasteiger partial charge in [-0.05, 0) is 12.0 Å². The first-order valence-electron chi connectivity index (χ1n) is 6.86. The van der Waals surface area contributed by atoms with Gasteiger partial charge in [-0.3, -0.25) is 0 Å². The van der Waals surface area contributed by atoms with E-state index >= 15 is 0 Å². The minimum Gasteiger partial charge on any atom is -0.496 e. The van der Waals surface area contributed by atoms with Gasteiger partial charge in [0.15, 0.2) is 0 Å². The number of hydrogen-bond donors (Lipinski definition) is 1. The Morgan fingerprint density at radius 3 is 2.09 bits per heavy atom. The van der Waals surface area contributed by atoms with Crippen LogP contribution in [0, 0.1) is 0 Å². The molecule has 22 heavy (non-hydrogen) atoms. The lowest BCUT2D eigenvalue weighted by Crippen LogP contribution is -2.36. The number of hydrogen-bond acceptors (Lipinski definition) is 5. The number of methoxy groups -OCH3 is 2. The van der Waals surface area contributed by atoms with Gasteiger partial charge in [-0.1, -0.05) is 30.3 Å². The summed E-state index contributed by atoms with van der Waals surface area (Å²) < 4.78 is 15.6. The molecule has 0 spiro atoms. The second-order valence-electron chi connectivity index (χ2n) is 4.77. The molecule has 5 heteroatoms. The SMILES string of the molecule is COc1cc(OC)cc(OC(=O)[C@@H](N)Cc2ccccc2)c1. The van der Waals surface area contributed by atoms with Crippen LogP contribution in [0.4, 0.5) is 0 Å². The Morgan fingerprint density at radius 2 is 1.55 bits per heavy atom. The average molecular weight is 301 g/mol. The van der Waals surface area contributed by atoms with Gasteiger partial charge < -0.3 is 19.9 Å². The lowest BCUT2D eigenvalue weighted by atomic mass is 10.1. The number of carbonyl (C=O) groups excluding carboxylic acids is 1. The third-order valence-electron chi connectivity index (χ3n) is 3.14. The van der Waals surface area contributed by atoms with Crippen LogP contribution in [0.15, 0.2) is 48.5 Å². The summed E-state index contributed by atoms with van der Waals surface area (Å²) in [5.74, 6) is 0.918. The summed E-state index contributed by atoms with van der Waals surface area (Å²) in [6, 6.07) is 13.7. The van der Waals surface area contributed by atoms with E-state index in [-0.39, 0.29) is 0 Å². The molecule has 2 aromatic rings. The number of benzene rings is 2. The van der Waals surface area contributed by atoms with Crippen molar-refractivity contribution in [3.8, 4) is 17.2 Å². The summed E-state index contributed by atoms with van der Waals surface area (Å²) in [6.45, 7) is 0. The van der Waals surface area contributed by atoms with Crippen LogP contribution in [0.5, 0.6) is 17.2 Å². The van der Waals surface area contributed by atoms with Gasteiger partial charge in [-0.25, -0.2) is 4.79 Å².